The number of rotatable bonds is 6. The second-order valence-corrected chi connectivity index (χ2v) is 7.16. The maximum atomic E-state index is 3.44. The van der Waals surface area contributed by atoms with Crippen molar-refractivity contribution < 1.29 is 0 Å². The fourth-order valence-corrected chi connectivity index (χ4v) is 3.46. The number of benzene rings is 3. The second-order valence-electron chi connectivity index (χ2n) is 7.16. The molecule has 3 heteroatoms. The van der Waals surface area contributed by atoms with Gasteiger partial charge in [-0.1, -0.05) is 66.7 Å². The summed E-state index contributed by atoms with van der Waals surface area (Å²) in [5.74, 6) is 0. The van der Waals surface area contributed by atoms with E-state index in [0.717, 1.165) is 18.8 Å². The summed E-state index contributed by atoms with van der Waals surface area (Å²) in [7, 11) is 2.15. The van der Waals surface area contributed by atoms with Gasteiger partial charge in [0, 0.05) is 19.3 Å². The van der Waals surface area contributed by atoms with Crippen molar-refractivity contribution in [3.05, 3.63) is 102 Å². The number of aryl methyl sites for hydroxylation is 1. The topological polar surface area (TPSA) is 24.0 Å². The van der Waals surface area contributed by atoms with Gasteiger partial charge in [-0.15, -0.1) is 0 Å². The van der Waals surface area contributed by atoms with Crippen LogP contribution in [0.3, 0.4) is 0 Å². The molecule has 0 fully saturated rings. The summed E-state index contributed by atoms with van der Waals surface area (Å²) in [6.45, 7) is 4.01. The number of aromatic nitrogens is 2. The van der Waals surface area contributed by atoms with Crippen molar-refractivity contribution in [1.29, 1.82) is 0 Å². The maximum absolute atomic E-state index is 3.44. The van der Waals surface area contributed by atoms with E-state index in [4.69, 9.17) is 0 Å². The first-order chi connectivity index (χ1) is 13.2. The van der Waals surface area contributed by atoms with Crippen LogP contribution in [0.5, 0.6) is 0 Å². The van der Waals surface area contributed by atoms with Crippen LogP contribution < -0.4 is 0 Å². The molecule has 4 aromatic rings. The van der Waals surface area contributed by atoms with Gasteiger partial charge in [0.15, 0.2) is 0 Å². The van der Waals surface area contributed by atoms with Crippen LogP contribution in [0.4, 0.5) is 0 Å². The quantitative estimate of drug-likeness (QED) is 0.491. The monoisotopic (exact) mass is 355 g/mol. The molecule has 0 aliphatic carbocycles. The minimum atomic E-state index is 0.909. The molecule has 0 unspecified atom stereocenters. The summed E-state index contributed by atoms with van der Waals surface area (Å²) >= 11 is 0. The third-order valence-corrected chi connectivity index (χ3v) is 4.89. The van der Waals surface area contributed by atoms with E-state index in [2.05, 4.69) is 114 Å². The van der Waals surface area contributed by atoms with Crippen molar-refractivity contribution in [3.8, 4) is 16.8 Å². The standard InChI is InChI=1S/C24H25N3/c1-19-8-6-7-11-24(19)21-12-14-23(15-13-21)27-18-22(25-27)17-26(2)16-20-9-4-3-5-10-20/h3-15,18,25H,16-17H2,1-2H3. The maximum Gasteiger partial charge on any atom is 0.0642 e. The van der Waals surface area contributed by atoms with Crippen LogP contribution in [-0.4, -0.2) is 21.7 Å². The van der Waals surface area contributed by atoms with Crippen molar-refractivity contribution in [3.63, 3.8) is 0 Å². The lowest BCUT2D eigenvalue weighted by molar-refractivity contribution is 0.308. The average molecular weight is 355 g/mol. The molecular formula is C24H25N3. The van der Waals surface area contributed by atoms with E-state index in [-0.39, 0.29) is 0 Å². The molecule has 0 saturated carbocycles. The Bertz CT molecular complexity index is 982. The predicted octanol–water partition coefficient (Wildman–Crippen LogP) is 5.41. The average Bonchev–Trinajstić information content (AvgIpc) is 2.66. The van der Waals surface area contributed by atoms with Gasteiger partial charge in [0.2, 0.25) is 0 Å². The molecule has 1 heterocycles. The molecule has 4 rings (SSSR count). The van der Waals surface area contributed by atoms with Crippen molar-refractivity contribution in [2.45, 2.75) is 20.0 Å². The molecule has 0 bridgehead atoms. The lowest BCUT2D eigenvalue weighted by Crippen LogP contribution is -2.22. The molecule has 136 valence electrons. The smallest absolute Gasteiger partial charge is 0.0642 e. The zero-order valence-corrected chi connectivity index (χ0v) is 15.9. The minimum Gasteiger partial charge on any atom is -0.296 e. The van der Waals surface area contributed by atoms with Gasteiger partial charge >= 0.3 is 0 Å². The molecule has 0 saturated heterocycles. The molecular weight excluding hydrogens is 330 g/mol. The normalized spacial score (nSPS) is 11.2. The van der Waals surface area contributed by atoms with Gasteiger partial charge in [-0.05, 0) is 48.4 Å². The molecule has 3 nitrogen and oxygen atoms in total. The first-order valence-corrected chi connectivity index (χ1v) is 9.34. The van der Waals surface area contributed by atoms with E-state index in [1.54, 1.807) is 0 Å². The van der Waals surface area contributed by atoms with Crippen molar-refractivity contribution in [1.82, 2.24) is 14.7 Å². The molecule has 0 spiro atoms. The number of nitrogens with zero attached hydrogens (tertiary/aromatic N) is 2. The van der Waals surface area contributed by atoms with Crippen molar-refractivity contribution in [2.75, 3.05) is 7.05 Å². The summed E-state index contributed by atoms with van der Waals surface area (Å²) in [4.78, 5) is 2.31. The summed E-state index contributed by atoms with van der Waals surface area (Å²) < 4.78 is 2.08. The number of nitrogens with one attached hydrogen (secondary N) is 1. The Balaban J connectivity index is 1.39. The van der Waals surface area contributed by atoms with E-state index in [1.807, 2.05) is 0 Å². The van der Waals surface area contributed by atoms with E-state index in [0.29, 0.717) is 0 Å². The van der Waals surface area contributed by atoms with Crippen molar-refractivity contribution >= 4 is 0 Å². The number of hydrogen-bond donors (Lipinski definition) is 1. The Morgan fingerprint density at radius 2 is 1.48 bits per heavy atom. The third kappa shape index (κ3) is 4.04. The Morgan fingerprint density at radius 3 is 2.19 bits per heavy atom. The summed E-state index contributed by atoms with van der Waals surface area (Å²) in [6.07, 6.45) is 2.17. The zero-order chi connectivity index (χ0) is 18.6. The summed E-state index contributed by atoms with van der Waals surface area (Å²) in [6, 6.07) is 27.8. The van der Waals surface area contributed by atoms with Gasteiger partial charge in [0.1, 0.15) is 0 Å². The van der Waals surface area contributed by atoms with Gasteiger partial charge in [-0.2, -0.15) is 0 Å². The highest BCUT2D eigenvalue weighted by molar-refractivity contribution is 5.68. The Hall–Kier alpha value is -3.04. The summed E-state index contributed by atoms with van der Waals surface area (Å²) in [5.41, 5.74) is 7.57. The second kappa shape index (κ2) is 7.68. The van der Waals surface area contributed by atoms with Crippen LogP contribution in [0.25, 0.3) is 16.8 Å². The van der Waals surface area contributed by atoms with Gasteiger partial charge in [-0.25, -0.2) is 0 Å². The molecule has 0 aliphatic heterocycles. The van der Waals surface area contributed by atoms with Crippen LogP contribution in [0.15, 0.2) is 85.1 Å². The fraction of sp³-hybridized carbons (Fsp3) is 0.167. The zero-order valence-electron chi connectivity index (χ0n) is 15.9. The number of hydrogen-bond acceptors (Lipinski definition) is 1. The van der Waals surface area contributed by atoms with E-state index in [9.17, 15) is 0 Å². The first kappa shape index (κ1) is 17.4. The van der Waals surface area contributed by atoms with Gasteiger partial charge < -0.3 is 0 Å². The fourth-order valence-electron chi connectivity index (χ4n) is 3.46. The molecule has 0 amide bonds. The van der Waals surface area contributed by atoms with Gasteiger partial charge in [0.05, 0.1) is 11.4 Å². The molecule has 0 aliphatic rings. The molecule has 1 N–H and O–H groups in total. The summed E-state index contributed by atoms with van der Waals surface area (Å²) in [5, 5.41) is 3.44. The van der Waals surface area contributed by atoms with Gasteiger partial charge in [-0.3, -0.25) is 14.7 Å². The Kier molecular flexibility index (Phi) is 4.95. The highest BCUT2D eigenvalue weighted by Crippen LogP contribution is 2.24. The van der Waals surface area contributed by atoms with E-state index in [1.165, 1.54) is 27.9 Å². The Morgan fingerprint density at radius 1 is 0.815 bits per heavy atom. The predicted molar refractivity (Wildman–Crippen MR) is 112 cm³/mol. The van der Waals surface area contributed by atoms with Gasteiger partial charge in [0.25, 0.3) is 0 Å². The number of aromatic amines is 1. The van der Waals surface area contributed by atoms with Crippen LogP contribution in [0, 0.1) is 6.92 Å². The van der Waals surface area contributed by atoms with E-state index >= 15 is 0 Å². The number of H-pyrrole nitrogens is 1. The van der Waals surface area contributed by atoms with Crippen LogP contribution in [0.1, 0.15) is 16.8 Å². The minimum absolute atomic E-state index is 0.909. The van der Waals surface area contributed by atoms with Crippen molar-refractivity contribution in [2.24, 2.45) is 0 Å². The van der Waals surface area contributed by atoms with E-state index < -0.39 is 0 Å². The molecule has 0 atom stereocenters. The lowest BCUT2D eigenvalue weighted by Gasteiger charge is -2.21. The van der Waals surface area contributed by atoms with Crippen LogP contribution in [-0.2, 0) is 13.1 Å². The molecule has 1 aromatic heterocycles. The highest BCUT2D eigenvalue weighted by Gasteiger charge is 2.08. The first-order valence-electron chi connectivity index (χ1n) is 9.34. The largest absolute Gasteiger partial charge is 0.296 e. The van der Waals surface area contributed by atoms with Crippen LogP contribution in [0.2, 0.25) is 0 Å². The Labute approximate surface area is 160 Å². The molecule has 27 heavy (non-hydrogen) atoms. The lowest BCUT2D eigenvalue weighted by atomic mass is 10.0. The molecule has 3 aromatic carbocycles. The third-order valence-electron chi connectivity index (χ3n) is 4.89. The SMILES string of the molecule is Cc1ccccc1-c1ccc(-n2cc(CN(C)Cc3ccccc3)[nH]2)cc1. The molecule has 0 radical (unpaired) electrons. The highest BCUT2D eigenvalue weighted by atomic mass is 15.3. The van der Waals surface area contributed by atoms with Crippen LogP contribution >= 0.6 is 0 Å².